The van der Waals surface area contributed by atoms with E-state index in [1.54, 1.807) is 0 Å². The van der Waals surface area contributed by atoms with Gasteiger partial charge in [0.2, 0.25) is 0 Å². The summed E-state index contributed by atoms with van der Waals surface area (Å²) >= 11 is 2.04. The fourth-order valence-corrected chi connectivity index (χ4v) is 1.74. The average molecular weight is 173 g/mol. The summed E-state index contributed by atoms with van der Waals surface area (Å²) in [5.41, 5.74) is 0. The molecule has 0 atom stereocenters. The van der Waals surface area contributed by atoms with Gasteiger partial charge in [-0.2, -0.15) is 11.8 Å². The van der Waals surface area contributed by atoms with Gasteiger partial charge in [0.05, 0.1) is 0 Å². The predicted molar refractivity (Wildman–Crippen MR) is 53.2 cm³/mol. The van der Waals surface area contributed by atoms with Crippen molar-refractivity contribution < 1.29 is 0 Å². The van der Waals surface area contributed by atoms with Gasteiger partial charge in [0.1, 0.15) is 0 Å². The van der Waals surface area contributed by atoms with E-state index in [0.717, 1.165) is 6.04 Å². The molecule has 1 N–H and O–H groups in total. The van der Waals surface area contributed by atoms with Gasteiger partial charge in [-0.25, -0.2) is 0 Å². The van der Waals surface area contributed by atoms with Crippen molar-refractivity contribution in [1.82, 2.24) is 5.32 Å². The zero-order valence-corrected chi connectivity index (χ0v) is 8.63. The predicted octanol–water partition coefficient (Wildman–Crippen LogP) is 2.27. The molecule has 0 heterocycles. The summed E-state index contributed by atoms with van der Waals surface area (Å²) < 4.78 is 0.436. The summed E-state index contributed by atoms with van der Waals surface area (Å²) in [6.45, 7) is 8.00. The largest absolute Gasteiger partial charge is 0.313 e. The number of hydrogen-bond donors (Lipinski definition) is 1. The first-order valence-corrected chi connectivity index (χ1v) is 5.44. The molecule has 66 valence electrons. The van der Waals surface area contributed by atoms with Gasteiger partial charge in [0, 0.05) is 23.1 Å². The molecule has 2 heteroatoms. The zero-order valence-electron chi connectivity index (χ0n) is 7.81. The fraction of sp³-hybridized carbons (Fsp3) is 1.00. The Bertz CT molecular complexity index is 113. The molecule has 1 aliphatic carbocycles. The fourth-order valence-electron chi connectivity index (χ4n) is 0.908. The van der Waals surface area contributed by atoms with E-state index >= 15 is 0 Å². The van der Waals surface area contributed by atoms with Crippen LogP contribution in [0.5, 0.6) is 0 Å². The molecule has 1 nitrogen and oxygen atoms in total. The number of thioether (sulfide) groups is 1. The number of hydrogen-bond acceptors (Lipinski definition) is 2. The topological polar surface area (TPSA) is 12.0 Å². The quantitative estimate of drug-likeness (QED) is 0.655. The van der Waals surface area contributed by atoms with Gasteiger partial charge in [-0.05, 0) is 12.8 Å². The van der Waals surface area contributed by atoms with Crippen molar-refractivity contribution in [2.45, 2.75) is 44.4 Å². The molecule has 0 radical (unpaired) electrons. The van der Waals surface area contributed by atoms with Crippen LogP contribution in [-0.2, 0) is 0 Å². The maximum atomic E-state index is 3.51. The molecule has 0 unspecified atom stereocenters. The molecule has 1 fully saturated rings. The lowest BCUT2D eigenvalue weighted by atomic mass is 10.3. The average Bonchev–Trinajstić information content (AvgIpc) is 2.60. The van der Waals surface area contributed by atoms with Gasteiger partial charge in [-0.3, -0.25) is 0 Å². The van der Waals surface area contributed by atoms with E-state index in [-0.39, 0.29) is 0 Å². The molecule has 0 bridgehead atoms. The van der Waals surface area contributed by atoms with Crippen molar-refractivity contribution in [2.75, 3.05) is 12.3 Å². The van der Waals surface area contributed by atoms with Crippen LogP contribution in [0.15, 0.2) is 0 Å². The second-order valence-electron chi connectivity index (χ2n) is 4.19. The first-order chi connectivity index (χ1) is 5.08. The molecule has 0 spiro atoms. The molecule has 1 rings (SSSR count). The van der Waals surface area contributed by atoms with Crippen molar-refractivity contribution in [2.24, 2.45) is 0 Å². The molecule has 1 saturated carbocycles. The molecule has 0 aromatic heterocycles. The highest BCUT2D eigenvalue weighted by Crippen LogP contribution is 2.23. The monoisotopic (exact) mass is 173 g/mol. The maximum absolute atomic E-state index is 3.51. The third-order valence-electron chi connectivity index (χ3n) is 1.65. The summed E-state index contributed by atoms with van der Waals surface area (Å²) in [6, 6.07) is 0.871. The highest BCUT2D eigenvalue weighted by Gasteiger charge is 2.20. The van der Waals surface area contributed by atoms with Gasteiger partial charge in [-0.1, -0.05) is 20.8 Å². The van der Waals surface area contributed by atoms with Crippen LogP contribution in [0.3, 0.4) is 0 Å². The molecule has 0 aromatic rings. The Labute approximate surface area is 74.3 Å². The summed E-state index contributed by atoms with van der Waals surface area (Å²) in [6.07, 6.45) is 2.81. The van der Waals surface area contributed by atoms with E-state index in [4.69, 9.17) is 0 Å². The second-order valence-corrected chi connectivity index (χ2v) is 6.11. The van der Waals surface area contributed by atoms with E-state index in [1.807, 2.05) is 11.8 Å². The standard InChI is InChI=1S/C9H19NS/c1-9(2,3)11-7-6-10-8-4-5-8/h8,10H,4-7H2,1-3H3. The molecule has 0 aliphatic heterocycles. The highest BCUT2D eigenvalue weighted by molar-refractivity contribution is 8.00. The SMILES string of the molecule is CC(C)(C)SCCNC1CC1. The lowest BCUT2D eigenvalue weighted by molar-refractivity contribution is 0.720. The van der Waals surface area contributed by atoms with Gasteiger partial charge >= 0.3 is 0 Å². The van der Waals surface area contributed by atoms with Crippen molar-refractivity contribution >= 4 is 11.8 Å². The molecular formula is C9H19NS. The van der Waals surface area contributed by atoms with Crippen LogP contribution < -0.4 is 5.32 Å². The highest BCUT2D eigenvalue weighted by atomic mass is 32.2. The molecule has 0 aromatic carbocycles. The van der Waals surface area contributed by atoms with Crippen LogP contribution in [0.1, 0.15) is 33.6 Å². The van der Waals surface area contributed by atoms with Crippen molar-refractivity contribution in [1.29, 1.82) is 0 Å². The van der Waals surface area contributed by atoms with E-state index in [0.29, 0.717) is 4.75 Å². The van der Waals surface area contributed by atoms with Crippen molar-refractivity contribution in [3.05, 3.63) is 0 Å². The Morgan fingerprint density at radius 3 is 2.45 bits per heavy atom. The maximum Gasteiger partial charge on any atom is 0.00755 e. The van der Waals surface area contributed by atoms with E-state index in [9.17, 15) is 0 Å². The molecule has 1 aliphatic rings. The Morgan fingerprint density at radius 1 is 1.36 bits per heavy atom. The third kappa shape index (κ3) is 5.57. The molecule has 0 saturated heterocycles. The summed E-state index contributed by atoms with van der Waals surface area (Å²) in [4.78, 5) is 0. The second kappa shape index (κ2) is 3.81. The van der Waals surface area contributed by atoms with Crippen LogP contribution in [0, 0.1) is 0 Å². The number of rotatable bonds is 4. The van der Waals surface area contributed by atoms with Crippen LogP contribution in [0.25, 0.3) is 0 Å². The van der Waals surface area contributed by atoms with Gasteiger partial charge in [0.15, 0.2) is 0 Å². The summed E-state index contributed by atoms with van der Waals surface area (Å²) in [5.74, 6) is 1.25. The lowest BCUT2D eigenvalue weighted by Crippen LogP contribution is -2.21. The minimum absolute atomic E-state index is 0.436. The Balaban J connectivity index is 1.87. The first kappa shape index (κ1) is 9.40. The van der Waals surface area contributed by atoms with Crippen LogP contribution >= 0.6 is 11.8 Å². The minimum Gasteiger partial charge on any atom is -0.313 e. The third-order valence-corrected chi connectivity index (χ3v) is 2.92. The van der Waals surface area contributed by atoms with E-state index in [2.05, 4.69) is 26.1 Å². The van der Waals surface area contributed by atoms with Crippen molar-refractivity contribution in [3.63, 3.8) is 0 Å². The van der Waals surface area contributed by atoms with Crippen LogP contribution in [0.2, 0.25) is 0 Å². The van der Waals surface area contributed by atoms with Gasteiger partial charge < -0.3 is 5.32 Å². The van der Waals surface area contributed by atoms with Crippen LogP contribution in [0.4, 0.5) is 0 Å². The van der Waals surface area contributed by atoms with E-state index < -0.39 is 0 Å². The van der Waals surface area contributed by atoms with E-state index in [1.165, 1.54) is 25.1 Å². The minimum atomic E-state index is 0.436. The van der Waals surface area contributed by atoms with Crippen LogP contribution in [-0.4, -0.2) is 23.1 Å². The van der Waals surface area contributed by atoms with Gasteiger partial charge in [-0.15, -0.1) is 0 Å². The lowest BCUT2D eigenvalue weighted by Gasteiger charge is -2.17. The summed E-state index contributed by atoms with van der Waals surface area (Å²) in [7, 11) is 0. The van der Waals surface area contributed by atoms with Gasteiger partial charge in [0.25, 0.3) is 0 Å². The Kier molecular flexibility index (Phi) is 3.26. The number of nitrogens with one attached hydrogen (secondary N) is 1. The molecule has 11 heavy (non-hydrogen) atoms. The molecular weight excluding hydrogens is 154 g/mol. The first-order valence-electron chi connectivity index (χ1n) is 4.45. The normalized spacial score (nSPS) is 18.8. The smallest absolute Gasteiger partial charge is 0.00755 e. The zero-order chi connectivity index (χ0) is 8.32. The Hall–Kier alpha value is 0.310. The van der Waals surface area contributed by atoms with Crippen molar-refractivity contribution in [3.8, 4) is 0 Å². The molecule has 0 amide bonds. The Morgan fingerprint density at radius 2 is 2.00 bits per heavy atom. The summed E-state index contributed by atoms with van der Waals surface area (Å²) in [5, 5.41) is 3.51.